The van der Waals surface area contributed by atoms with Gasteiger partial charge < -0.3 is 29.7 Å². The SMILES string of the molecule is COc1ccc(-c2cc(O[C@@H]3C[C@H]4C(=O)N[C@]5(C(=O)NS(=O)(=O)C6CC6)C[C@H]5/C=C\CCCCC[C@H](NC(=O)OC5CCCC5)C(=O)N4C3)n3nc4cc(C)ccc4c3n2)cc1. The number of methoxy groups -OCH3 is 1. The van der Waals surface area contributed by atoms with E-state index in [1.54, 1.807) is 17.7 Å². The minimum Gasteiger partial charge on any atom is -0.497 e. The highest BCUT2D eigenvalue weighted by Crippen LogP contribution is 2.46. The molecule has 2 aromatic carbocycles. The second-order valence-electron chi connectivity index (χ2n) is 17.5. The Hall–Kier alpha value is -5.71. The molecule has 16 nitrogen and oxygen atoms in total. The molecule has 0 bridgehead atoms. The average molecular weight is 868 g/mol. The van der Waals surface area contributed by atoms with Crippen molar-refractivity contribution in [1.82, 2.24) is 34.9 Å². The first-order valence-corrected chi connectivity index (χ1v) is 23.4. The smallest absolute Gasteiger partial charge is 0.408 e. The summed E-state index contributed by atoms with van der Waals surface area (Å²) < 4.78 is 47.7. The number of ether oxygens (including phenoxy) is 3. The highest BCUT2D eigenvalue weighted by atomic mass is 32.2. The van der Waals surface area contributed by atoms with Crippen LogP contribution >= 0.6 is 0 Å². The summed E-state index contributed by atoms with van der Waals surface area (Å²) >= 11 is 0. The molecule has 328 valence electrons. The lowest BCUT2D eigenvalue weighted by molar-refractivity contribution is -0.141. The molecule has 5 aliphatic rings. The first kappa shape index (κ1) is 41.6. The Morgan fingerprint density at radius 3 is 2.47 bits per heavy atom. The molecule has 3 saturated carbocycles. The number of fused-ring (bicyclic) bond motifs is 5. The van der Waals surface area contributed by atoms with Crippen molar-refractivity contribution >= 4 is 50.4 Å². The number of allylic oxidation sites excluding steroid dienone is 1. The van der Waals surface area contributed by atoms with Gasteiger partial charge in [0.25, 0.3) is 5.91 Å². The predicted molar refractivity (Wildman–Crippen MR) is 229 cm³/mol. The van der Waals surface area contributed by atoms with Crippen molar-refractivity contribution in [2.75, 3.05) is 13.7 Å². The van der Waals surface area contributed by atoms with E-state index in [1.807, 2.05) is 61.5 Å². The van der Waals surface area contributed by atoms with E-state index >= 15 is 0 Å². The van der Waals surface area contributed by atoms with Gasteiger partial charge in [-0.25, -0.2) is 18.2 Å². The van der Waals surface area contributed by atoms with Gasteiger partial charge >= 0.3 is 6.09 Å². The molecule has 3 N–H and O–H groups in total. The van der Waals surface area contributed by atoms with Crippen molar-refractivity contribution in [3.05, 3.63) is 66.2 Å². The van der Waals surface area contributed by atoms with Gasteiger partial charge in [0.05, 0.1) is 30.1 Å². The zero-order chi connectivity index (χ0) is 43.2. The van der Waals surface area contributed by atoms with Crippen LogP contribution in [0.4, 0.5) is 4.79 Å². The fourth-order valence-electron chi connectivity index (χ4n) is 9.11. The molecule has 17 heteroatoms. The maximum atomic E-state index is 14.8. The Labute approximate surface area is 360 Å². The van der Waals surface area contributed by atoms with Crippen molar-refractivity contribution in [2.24, 2.45) is 5.92 Å². The van der Waals surface area contributed by atoms with Crippen LogP contribution in [0.15, 0.2) is 60.7 Å². The summed E-state index contributed by atoms with van der Waals surface area (Å²) in [5, 5.41) is 10.8. The van der Waals surface area contributed by atoms with Crippen LogP contribution in [0.5, 0.6) is 11.6 Å². The molecule has 5 atom stereocenters. The number of amides is 4. The van der Waals surface area contributed by atoms with Crippen LogP contribution in [0.25, 0.3) is 27.8 Å². The normalized spacial score (nSPS) is 26.5. The lowest BCUT2D eigenvalue weighted by atomic mass is 10.0. The summed E-state index contributed by atoms with van der Waals surface area (Å²) in [4.78, 5) is 63.1. The number of aromatic nitrogens is 3. The van der Waals surface area contributed by atoms with Crippen molar-refractivity contribution in [3.8, 4) is 22.9 Å². The maximum absolute atomic E-state index is 14.8. The third-order valence-electron chi connectivity index (χ3n) is 12.9. The van der Waals surface area contributed by atoms with Gasteiger partial charge in [-0.2, -0.15) is 9.61 Å². The molecule has 1 saturated heterocycles. The van der Waals surface area contributed by atoms with E-state index in [2.05, 4.69) is 15.4 Å². The first-order chi connectivity index (χ1) is 29.9. The molecule has 4 fully saturated rings. The van der Waals surface area contributed by atoms with Gasteiger partial charge in [0.1, 0.15) is 35.6 Å². The predicted octanol–water partition coefficient (Wildman–Crippen LogP) is 5.26. The van der Waals surface area contributed by atoms with Crippen LogP contribution in [0, 0.1) is 12.8 Å². The number of nitrogens with zero attached hydrogens (tertiary/aromatic N) is 4. The summed E-state index contributed by atoms with van der Waals surface area (Å²) in [5.74, 6) is -1.32. The van der Waals surface area contributed by atoms with Crippen molar-refractivity contribution in [3.63, 3.8) is 0 Å². The summed E-state index contributed by atoms with van der Waals surface area (Å²) in [6.45, 7) is 1.95. The number of sulfonamides is 1. The third kappa shape index (κ3) is 8.55. The monoisotopic (exact) mass is 867 g/mol. The molecular weight excluding hydrogens is 815 g/mol. The Balaban J connectivity index is 1.06. The molecule has 3 aliphatic carbocycles. The fraction of sp³-hybridized carbons (Fsp3) is 0.511. The molecule has 4 heterocycles. The molecule has 2 aromatic heterocycles. The van der Waals surface area contributed by atoms with Crippen LogP contribution in [-0.4, -0.2) is 100 Å². The van der Waals surface area contributed by atoms with Crippen molar-refractivity contribution in [1.29, 1.82) is 0 Å². The lowest BCUT2D eigenvalue weighted by Gasteiger charge is -2.30. The van der Waals surface area contributed by atoms with Gasteiger partial charge in [0, 0.05) is 29.4 Å². The Bertz CT molecular complexity index is 2530. The van der Waals surface area contributed by atoms with E-state index < -0.39 is 68.7 Å². The first-order valence-electron chi connectivity index (χ1n) is 21.8. The molecule has 4 aromatic rings. The lowest BCUT2D eigenvalue weighted by Crippen LogP contribution is -2.58. The number of carbonyl (C=O) groups excluding carboxylic acids is 4. The van der Waals surface area contributed by atoms with Gasteiger partial charge in [0.15, 0.2) is 5.65 Å². The molecule has 0 unspecified atom stereocenters. The Morgan fingerprint density at radius 2 is 1.71 bits per heavy atom. The largest absolute Gasteiger partial charge is 0.497 e. The average Bonchev–Trinajstić information content (AvgIpc) is 4.07. The second-order valence-corrected chi connectivity index (χ2v) is 19.4. The Kier molecular flexibility index (Phi) is 11.3. The quantitative estimate of drug-likeness (QED) is 0.186. The highest BCUT2D eigenvalue weighted by Gasteiger charge is 2.62. The zero-order valence-corrected chi connectivity index (χ0v) is 35.8. The van der Waals surface area contributed by atoms with Crippen LogP contribution in [-0.2, 0) is 29.1 Å². The van der Waals surface area contributed by atoms with E-state index in [9.17, 15) is 27.6 Å². The summed E-state index contributed by atoms with van der Waals surface area (Å²) in [5.41, 5.74) is 2.16. The molecule has 0 radical (unpaired) electrons. The van der Waals surface area contributed by atoms with Gasteiger partial charge in [0.2, 0.25) is 27.7 Å². The molecule has 0 spiro atoms. The number of rotatable bonds is 9. The number of hydrogen-bond donors (Lipinski definition) is 3. The number of carbonyl (C=O) groups is 4. The van der Waals surface area contributed by atoms with E-state index in [-0.39, 0.29) is 25.5 Å². The number of aryl methyl sites for hydroxylation is 1. The standard InChI is InChI=1S/C45H53N7O9S/c1-27-14-21-34-37(22-27)49-52-39(24-36(46-40(34)52)28-15-17-30(59-2)18-16-28)60-32-23-38-41(53)48-45(43(55)50-62(57,58)33-19-20-33)25-29(45)10-6-4-3-5-7-13-35(42(54)51(38)26-32)47-44(56)61-31-11-8-9-12-31/h6,10,14-18,21-22,24,29,31-33,35,38H,3-5,7-9,11-13,19-20,23,25-26H2,1-2H3,(H,47,56)(H,48,53)(H,50,55)/b10-6-/t29-,32-,35+,38+,45-/m1/s1. The van der Waals surface area contributed by atoms with Gasteiger partial charge in [-0.15, -0.1) is 0 Å². The molecule has 62 heavy (non-hydrogen) atoms. The van der Waals surface area contributed by atoms with Crippen molar-refractivity contribution < 1.29 is 41.8 Å². The van der Waals surface area contributed by atoms with Gasteiger partial charge in [-0.3, -0.25) is 19.1 Å². The van der Waals surface area contributed by atoms with Crippen LogP contribution < -0.4 is 24.8 Å². The molecule has 9 rings (SSSR count). The van der Waals surface area contributed by atoms with Crippen LogP contribution in [0.1, 0.15) is 89.0 Å². The minimum atomic E-state index is -3.92. The van der Waals surface area contributed by atoms with Crippen LogP contribution in [0.2, 0.25) is 0 Å². The minimum absolute atomic E-state index is 0.0248. The number of alkyl carbamates (subject to hydrolysis) is 1. The number of nitrogens with one attached hydrogen (secondary N) is 3. The van der Waals surface area contributed by atoms with Gasteiger partial charge in [-0.05, 0) is 113 Å². The summed E-state index contributed by atoms with van der Waals surface area (Å²) in [6, 6.07) is 13.0. The third-order valence-corrected chi connectivity index (χ3v) is 14.7. The highest BCUT2D eigenvalue weighted by molar-refractivity contribution is 7.91. The van der Waals surface area contributed by atoms with E-state index in [0.717, 1.165) is 55.0 Å². The summed E-state index contributed by atoms with van der Waals surface area (Å²) in [6.07, 6.45) is 10.0. The Morgan fingerprint density at radius 1 is 0.935 bits per heavy atom. The number of hydrogen-bond acceptors (Lipinski definition) is 11. The second kappa shape index (κ2) is 16.9. The van der Waals surface area contributed by atoms with Crippen LogP contribution in [0.3, 0.4) is 0 Å². The molecule has 4 amide bonds. The molecular formula is C45H53N7O9S. The maximum Gasteiger partial charge on any atom is 0.408 e. The van der Waals surface area contributed by atoms with E-state index in [0.29, 0.717) is 60.6 Å². The topological polar surface area (TPSA) is 200 Å². The fourth-order valence-corrected chi connectivity index (χ4v) is 10.5. The molecule has 2 aliphatic heterocycles. The van der Waals surface area contributed by atoms with E-state index in [4.69, 9.17) is 24.3 Å². The number of benzene rings is 2. The van der Waals surface area contributed by atoms with E-state index in [1.165, 1.54) is 4.90 Å². The summed E-state index contributed by atoms with van der Waals surface area (Å²) in [7, 11) is -2.32. The van der Waals surface area contributed by atoms with Crippen molar-refractivity contribution in [2.45, 2.75) is 125 Å². The zero-order valence-electron chi connectivity index (χ0n) is 35.0. The van der Waals surface area contributed by atoms with Gasteiger partial charge in [-0.1, -0.05) is 31.1 Å².